The number of hydrogen-bond acceptors (Lipinski definition) is 3. The van der Waals surface area contributed by atoms with Crippen LogP contribution >= 0.6 is 11.8 Å². The van der Waals surface area contributed by atoms with Crippen LogP contribution in [-0.4, -0.2) is 15.7 Å². The molecule has 21 heavy (non-hydrogen) atoms. The van der Waals surface area contributed by atoms with Crippen LogP contribution in [0.1, 0.15) is 5.56 Å². The average Bonchev–Trinajstić information content (AvgIpc) is 2.53. The average molecular weight is 294 g/mol. The third-order valence-corrected chi connectivity index (χ3v) is 3.84. The molecular weight excluding hydrogens is 280 g/mol. The lowest BCUT2D eigenvalue weighted by molar-refractivity contribution is 0.976. The van der Waals surface area contributed by atoms with Crippen LogP contribution in [0.3, 0.4) is 0 Å². The van der Waals surface area contributed by atoms with E-state index in [-0.39, 0.29) is 5.56 Å². The van der Waals surface area contributed by atoms with Crippen molar-refractivity contribution in [1.29, 1.82) is 0 Å². The molecule has 0 aliphatic carbocycles. The van der Waals surface area contributed by atoms with Crippen molar-refractivity contribution in [3.63, 3.8) is 0 Å². The van der Waals surface area contributed by atoms with Crippen LogP contribution in [0.2, 0.25) is 0 Å². The molecule has 0 bridgehead atoms. The normalized spacial score (nSPS) is 11.2. The van der Waals surface area contributed by atoms with Crippen molar-refractivity contribution in [2.45, 2.75) is 5.16 Å². The quantitative estimate of drug-likeness (QED) is 0.589. The summed E-state index contributed by atoms with van der Waals surface area (Å²) in [7, 11) is 0. The van der Waals surface area contributed by atoms with Crippen LogP contribution in [0.15, 0.2) is 70.6 Å². The Bertz CT molecular complexity index is 825. The van der Waals surface area contributed by atoms with Gasteiger partial charge in [-0.2, -0.15) is 0 Å². The minimum absolute atomic E-state index is 0.0878. The first-order valence-corrected chi connectivity index (χ1v) is 7.65. The van der Waals surface area contributed by atoms with Crippen molar-refractivity contribution in [3.8, 4) is 0 Å². The molecule has 1 heterocycles. The van der Waals surface area contributed by atoms with Gasteiger partial charge in [0.15, 0.2) is 5.16 Å². The Morgan fingerprint density at radius 2 is 1.81 bits per heavy atom. The summed E-state index contributed by atoms with van der Waals surface area (Å²) in [4.78, 5) is 19.2. The summed E-state index contributed by atoms with van der Waals surface area (Å²) in [5, 5.41) is 1.28. The SMILES string of the molecule is O=c1[nH]c(SCC=Cc2ccccc2)nc2ccccc12. The van der Waals surface area contributed by atoms with Gasteiger partial charge in [-0.3, -0.25) is 4.79 Å². The maximum absolute atomic E-state index is 11.9. The lowest BCUT2D eigenvalue weighted by Gasteiger charge is -2.00. The van der Waals surface area contributed by atoms with Crippen LogP contribution in [0.4, 0.5) is 0 Å². The number of nitrogens with one attached hydrogen (secondary N) is 1. The molecule has 0 saturated carbocycles. The predicted molar refractivity (Wildman–Crippen MR) is 88.6 cm³/mol. The van der Waals surface area contributed by atoms with Crippen molar-refractivity contribution in [1.82, 2.24) is 9.97 Å². The molecular formula is C17H14N2OS. The molecule has 2 aromatic carbocycles. The zero-order chi connectivity index (χ0) is 14.5. The van der Waals surface area contributed by atoms with E-state index in [4.69, 9.17) is 0 Å². The molecule has 3 nitrogen and oxygen atoms in total. The topological polar surface area (TPSA) is 45.8 Å². The number of aromatic nitrogens is 2. The molecule has 0 amide bonds. The fourth-order valence-electron chi connectivity index (χ4n) is 2.01. The summed E-state index contributed by atoms with van der Waals surface area (Å²) in [6.45, 7) is 0. The molecule has 0 saturated heterocycles. The van der Waals surface area contributed by atoms with Gasteiger partial charge in [0.25, 0.3) is 5.56 Å². The third-order valence-electron chi connectivity index (χ3n) is 3.02. The van der Waals surface area contributed by atoms with Gasteiger partial charge in [-0.25, -0.2) is 4.98 Å². The van der Waals surface area contributed by atoms with Gasteiger partial charge < -0.3 is 4.98 Å². The Balaban J connectivity index is 1.71. The molecule has 104 valence electrons. The van der Waals surface area contributed by atoms with E-state index in [1.165, 1.54) is 11.8 Å². The predicted octanol–water partition coefficient (Wildman–Crippen LogP) is 3.73. The van der Waals surface area contributed by atoms with Crippen molar-refractivity contribution < 1.29 is 0 Å². The van der Waals surface area contributed by atoms with Gasteiger partial charge in [-0.1, -0.05) is 66.4 Å². The smallest absolute Gasteiger partial charge is 0.259 e. The lowest BCUT2D eigenvalue weighted by atomic mass is 10.2. The largest absolute Gasteiger partial charge is 0.301 e. The van der Waals surface area contributed by atoms with E-state index in [0.717, 1.165) is 16.8 Å². The minimum Gasteiger partial charge on any atom is -0.301 e. The van der Waals surface area contributed by atoms with Crippen molar-refractivity contribution in [3.05, 3.63) is 76.6 Å². The second-order valence-corrected chi connectivity index (χ2v) is 5.52. The number of fused-ring (bicyclic) bond motifs is 1. The zero-order valence-electron chi connectivity index (χ0n) is 11.3. The van der Waals surface area contributed by atoms with Crippen molar-refractivity contribution in [2.75, 3.05) is 5.75 Å². The summed E-state index contributed by atoms with van der Waals surface area (Å²) in [6, 6.07) is 17.5. The maximum atomic E-state index is 11.9. The van der Waals surface area contributed by atoms with Crippen molar-refractivity contribution >= 4 is 28.7 Å². The number of rotatable bonds is 4. The number of para-hydroxylation sites is 1. The number of benzene rings is 2. The Hall–Kier alpha value is -2.33. The zero-order valence-corrected chi connectivity index (χ0v) is 12.1. The van der Waals surface area contributed by atoms with Gasteiger partial charge in [-0.15, -0.1) is 0 Å². The van der Waals surface area contributed by atoms with Crippen LogP contribution in [0.25, 0.3) is 17.0 Å². The monoisotopic (exact) mass is 294 g/mol. The number of aromatic amines is 1. The molecule has 0 unspecified atom stereocenters. The molecule has 3 aromatic rings. The van der Waals surface area contributed by atoms with E-state index in [9.17, 15) is 4.79 Å². The Labute approximate surface area is 126 Å². The van der Waals surface area contributed by atoms with Gasteiger partial charge >= 0.3 is 0 Å². The molecule has 4 heteroatoms. The summed E-state index contributed by atoms with van der Waals surface area (Å²) >= 11 is 1.52. The first-order chi connectivity index (χ1) is 10.3. The minimum atomic E-state index is -0.0878. The summed E-state index contributed by atoms with van der Waals surface area (Å²) in [5.41, 5.74) is 1.81. The van der Waals surface area contributed by atoms with E-state index < -0.39 is 0 Å². The second kappa shape index (κ2) is 6.41. The van der Waals surface area contributed by atoms with Gasteiger partial charge in [0, 0.05) is 5.75 Å². The summed E-state index contributed by atoms with van der Waals surface area (Å²) in [5.74, 6) is 0.760. The molecule has 0 aliphatic heterocycles. The molecule has 0 atom stereocenters. The fraction of sp³-hybridized carbons (Fsp3) is 0.0588. The first kappa shape index (κ1) is 13.6. The van der Waals surface area contributed by atoms with Gasteiger partial charge in [0.05, 0.1) is 10.9 Å². The van der Waals surface area contributed by atoms with E-state index >= 15 is 0 Å². The van der Waals surface area contributed by atoms with E-state index in [1.807, 2.05) is 36.4 Å². The lowest BCUT2D eigenvalue weighted by Crippen LogP contribution is -2.08. The second-order valence-electron chi connectivity index (χ2n) is 4.51. The molecule has 3 rings (SSSR count). The highest BCUT2D eigenvalue weighted by Gasteiger charge is 2.02. The maximum Gasteiger partial charge on any atom is 0.259 e. The standard InChI is InChI=1S/C17H14N2OS/c20-16-14-10-4-5-11-15(14)18-17(19-16)21-12-6-9-13-7-2-1-3-8-13/h1-11H,12H2,(H,18,19,20). The highest BCUT2D eigenvalue weighted by atomic mass is 32.2. The molecule has 1 N–H and O–H groups in total. The molecule has 0 radical (unpaired) electrons. The number of hydrogen-bond donors (Lipinski definition) is 1. The van der Waals surface area contributed by atoms with Crippen LogP contribution < -0.4 is 5.56 Å². The van der Waals surface area contributed by atoms with E-state index in [0.29, 0.717) is 10.5 Å². The van der Waals surface area contributed by atoms with Gasteiger partial charge in [-0.05, 0) is 17.7 Å². The van der Waals surface area contributed by atoms with Gasteiger partial charge in [0.2, 0.25) is 0 Å². The highest BCUT2D eigenvalue weighted by Crippen LogP contribution is 2.15. The summed E-state index contributed by atoms with van der Waals surface area (Å²) < 4.78 is 0. The number of nitrogens with zero attached hydrogens (tertiary/aromatic N) is 1. The molecule has 1 aromatic heterocycles. The summed E-state index contributed by atoms with van der Waals surface area (Å²) in [6.07, 6.45) is 4.13. The van der Waals surface area contributed by atoms with Crippen LogP contribution in [0, 0.1) is 0 Å². The molecule has 0 aliphatic rings. The van der Waals surface area contributed by atoms with Crippen LogP contribution in [0.5, 0.6) is 0 Å². The fourth-order valence-corrected chi connectivity index (χ4v) is 2.69. The molecule has 0 spiro atoms. The van der Waals surface area contributed by atoms with Crippen molar-refractivity contribution in [2.24, 2.45) is 0 Å². The van der Waals surface area contributed by atoms with E-state index in [2.05, 4.69) is 34.3 Å². The Morgan fingerprint density at radius 1 is 1.05 bits per heavy atom. The first-order valence-electron chi connectivity index (χ1n) is 6.66. The van der Waals surface area contributed by atoms with Crippen LogP contribution in [-0.2, 0) is 0 Å². The third kappa shape index (κ3) is 3.41. The number of thioether (sulfide) groups is 1. The number of H-pyrrole nitrogens is 1. The molecule has 0 fully saturated rings. The van der Waals surface area contributed by atoms with Gasteiger partial charge in [0.1, 0.15) is 0 Å². The highest BCUT2D eigenvalue weighted by molar-refractivity contribution is 7.99. The Morgan fingerprint density at radius 3 is 2.67 bits per heavy atom. The Kier molecular flexibility index (Phi) is 4.17. The van der Waals surface area contributed by atoms with E-state index in [1.54, 1.807) is 6.07 Å².